The quantitative estimate of drug-likeness (QED) is 0.762. The number of furan rings is 1. The summed E-state index contributed by atoms with van der Waals surface area (Å²) >= 11 is 11.9. The van der Waals surface area contributed by atoms with E-state index in [-0.39, 0.29) is 12.5 Å². The van der Waals surface area contributed by atoms with Crippen LogP contribution in [0.5, 0.6) is 0 Å². The van der Waals surface area contributed by atoms with Crippen LogP contribution in [0.1, 0.15) is 16.1 Å². The van der Waals surface area contributed by atoms with Crippen molar-refractivity contribution in [2.45, 2.75) is 6.54 Å². The van der Waals surface area contributed by atoms with E-state index in [9.17, 15) is 4.79 Å². The van der Waals surface area contributed by atoms with Crippen LogP contribution in [-0.2, 0) is 6.54 Å². The fourth-order valence-corrected chi connectivity index (χ4v) is 2.43. The smallest absolute Gasteiger partial charge is 0.253 e. The number of hydrogen-bond acceptors (Lipinski definition) is 2. The molecule has 0 spiro atoms. The van der Waals surface area contributed by atoms with E-state index >= 15 is 0 Å². The Hall–Kier alpha value is -1.97. The standard InChI is InChI=1S/C16H11Cl2NO2/c17-11-5-6-14(18)13(8-11)16(20)19-9-12-7-10-3-1-2-4-15(10)21-12/h1-8H,9H2,(H,19,20). The summed E-state index contributed by atoms with van der Waals surface area (Å²) in [5.41, 5.74) is 1.14. The third-order valence-corrected chi connectivity index (χ3v) is 3.64. The van der Waals surface area contributed by atoms with Gasteiger partial charge in [-0.1, -0.05) is 41.4 Å². The number of carbonyl (C=O) groups is 1. The Bertz CT molecular complexity index is 778. The van der Waals surface area contributed by atoms with Crippen molar-refractivity contribution in [1.29, 1.82) is 0 Å². The summed E-state index contributed by atoms with van der Waals surface area (Å²) < 4.78 is 5.63. The Balaban J connectivity index is 1.74. The molecule has 1 aromatic heterocycles. The maximum atomic E-state index is 12.1. The summed E-state index contributed by atoms with van der Waals surface area (Å²) in [6.07, 6.45) is 0. The van der Waals surface area contributed by atoms with Crippen molar-refractivity contribution in [3.8, 4) is 0 Å². The van der Waals surface area contributed by atoms with Gasteiger partial charge in [-0.15, -0.1) is 0 Å². The fourth-order valence-electron chi connectivity index (χ4n) is 2.06. The normalized spacial score (nSPS) is 10.8. The van der Waals surface area contributed by atoms with E-state index in [4.69, 9.17) is 27.6 Å². The first-order chi connectivity index (χ1) is 10.1. The van der Waals surface area contributed by atoms with Gasteiger partial charge in [0.15, 0.2) is 0 Å². The van der Waals surface area contributed by atoms with Crippen molar-refractivity contribution in [3.63, 3.8) is 0 Å². The monoisotopic (exact) mass is 319 g/mol. The van der Waals surface area contributed by atoms with Gasteiger partial charge >= 0.3 is 0 Å². The van der Waals surface area contributed by atoms with Gasteiger partial charge in [0.05, 0.1) is 17.1 Å². The van der Waals surface area contributed by atoms with Crippen molar-refractivity contribution in [1.82, 2.24) is 5.32 Å². The molecule has 2 aromatic carbocycles. The SMILES string of the molecule is O=C(NCc1cc2ccccc2o1)c1cc(Cl)ccc1Cl. The van der Waals surface area contributed by atoms with Crippen molar-refractivity contribution in [2.75, 3.05) is 0 Å². The first kappa shape index (κ1) is 14.0. The summed E-state index contributed by atoms with van der Waals surface area (Å²) in [6, 6.07) is 14.4. The molecular weight excluding hydrogens is 309 g/mol. The number of para-hydroxylation sites is 1. The molecule has 3 nitrogen and oxygen atoms in total. The number of amides is 1. The molecule has 3 rings (SSSR count). The van der Waals surface area contributed by atoms with Crippen LogP contribution in [0.3, 0.4) is 0 Å². The number of fused-ring (bicyclic) bond motifs is 1. The van der Waals surface area contributed by atoms with Crippen molar-refractivity contribution in [2.24, 2.45) is 0 Å². The highest BCUT2D eigenvalue weighted by atomic mass is 35.5. The molecule has 0 saturated carbocycles. The van der Waals surface area contributed by atoms with Crippen LogP contribution < -0.4 is 5.32 Å². The van der Waals surface area contributed by atoms with Gasteiger partial charge in [0.1, 0.15) is 11.3 Å². The molecule has 0 unspecified atom stereocenters. The Morgan fingerprint density at radius 3 is 2.71 bits per heavy atom. The fraction of sp³-hybridized carbons (Fsp3) is 0.0625. The molecule has 21 heavy (non-hydrogen) atoms. The first-order valence-corrected chi connectivity index (χ1v) is 7.10. The lowest BCUT2D eigenvalue weighted by molar-refractivity contribution is 0.0948. The second-order valence-corrected chi connectivity index (χ2v) is 5.40. The van der Waals surface area contributed by atoms with E-state index in [1.165, 1.54) is 6.07 Å². The molecule has 106 valence electrons. The molecule has 5 heteroatoms. The second-order valence-electron chi connectivity index (χ2n) is 4.56. The topological polar surface area (TPSA) is 42.2 Å². The molecule has 0 aliphatic heterocycles. The molecule has 0 aliphatic rings. The summed E-state index contributed by atoms with van der Waals surface area (Å²) in [5.74, 6) is 0.394. The van der Waals surface area contributed by atoms with Gasteiger partial charge in [-0.2, -0.15) is 0 Å². The number of nitrogens with one attached hydrogen (secondary N) is 1. The van der Waals surface area contributed by atoms with E-state index in [0.29, 0.717) is 21.4 Å². The van der Waals surface area contributed by atoms with E-state index in [2.05, 4.69) is 5.32 Å². The third kappa shape index (κ3) is 3.04. The van der Waals surface area contributed by atoms with Gasteiger partial charge < -0.3 is 9.73 Å². The summed E-state index contributed by atoms with van der Waals surface area (Å²) in [6.45, 7) is 0.288. The molecule has 1 N–H and O–H groups in total. The van der Waals surface area contributed by atoms with Crippen molar-refractivity contribution in [3.05, 3.63) is 69.9 Å². The lowest BCUT2D eigenvalue weighted by atomic mass is 10.2. The Labute approximate surface area is 131 Å². The Kier molecular flexibility index (Phi) is 3.86. The van der Waals surface area contributed by atoms with Gasteiger partial charge in [0.25, 0.3) is 5.91 Å². The lowest BCUT2D eigenvalue weighted by Crippen LogP contribution is -2.22. The molecule has 1 amide bonds. The predicted molar refractivity (Wildman–Crippen MR) is 83.8 cm³/mol. The zero-order valence-electron chi connectivity index (χ0n) is 10.9. The zero-order valence-corrected chi connectivity index (χ0v) is 12.4. The van der Waals surface area contributed by atoms with E-state index in [0.717, 1.165) is 11.0 Å². The van der Waals surface area contributed by atoms with Crippen LogP contribution in [-0.4, -0.2) is 5.91 Å². The number of rotatable bonds is 3. The van der Waals surface area contributed by atoms with Crippen LogP contribution in [0.25, 0.3) is 11.0 Å². The number of benzene rings is 2. The van der Waals surface area contributed by atoms with Crippen LogP contribution in [0.2, 0.25) is 10.0 Å². The van der Waals surface area contributed by atoms with Gasteiger partial charge in [-0.05, 0) is 30.3 Å². The molecule has 0 saturated heterocycles. The van der Waals surface area contributed by atoms with Gasteiger partial charge in [-0.3, -0.25) is 4.79 Å². The number of halogens is 2. The molecule has 0 radical (unpaired) electrons. The molecule has 0 aliphatic carbocycles. The minimum absolute atomic E-state index is 0.288. The zero-order chi connectivity index (χ0) is 14.8. The molecule has 0 atom stereocenters. The van der Waals surface area contributed by atoms with Crippen molar-refractivity contribution >= 4 is 40.1 Å². The minimum atomic E-state index is -0.289. The summed E-state index contributed by atoms with van der Waals surface area (Å²) in [4.78, 5) is 12.1. The highest BCUT2D eigenvalue weighted by Gasteiger charge is 2.12. The predicted octanol–water partition coefficient (Wildman–Crippen LogP) is 4.67. The highest BCUT2D eigenvalue weighted by molar-refractivity contribution is 6.35. The van der Waals surface area contributed by atoms with E-state index in [1.54, 1.807) is 12.1 Å². The molecule has 1 heterocycles. The van der Waals surface area contributed by atoms with Gasteiger partial charge in [-0.25, -0.2) is 0 Å². The number of carbonyl (C=O) groups excluding carboxylic acids is 1. The van der Waals surface area contributed by atoms with Crippen LogP contribution in [0, 0.1) is 0 Å². The Morgan fingerprint density at radius 2 is 1.90 bits per heavy atom. The molecular formula is C16H11Cl2NO2. The Morgan fingerprint density at radius 1 is 1.10 bits per heavy atom. The molecule has 0 fully saturated rings. The van der Waals surface area contributed by atoms with Gasteiger partial charge in [0, 0.05) is 10.4 Å². The van der Waals surface area contributed by atoms with Crippen LogP contribution >= 0.6 is 23.2 Å². The molecule has 0 bridgehead atoms. The lowest BCUT2D eigenvalue weighted by Gasteiger charge is -2.05. The first-order valence-electron chi connectivity index (χ1n) is 6.34. The van der Waals surface area contributed by atoms with Crippen molar-refractivity contribution < 1.29 is 9.21 Å². The second kappa shape index (κ2) is 5.80. The van der Waals surface area contributed by atoms with E-state index < -0.39 is 0 Å². The average molecular weight is 320 g/mol. The summed E-state index contributed by atoms with van der Waals surface area (Å²) in [5, 5.41) is 4.60. The molecule has 3 aromatic rings. The van der Waals surface area contributed by atoms with E-state index in [1.807, 2.05) is 30.3 Å². The maximum Gasteiger partial charge on any atom is 0.253 e. The highest BCUT2D eigenvalue weighted by Crippen LogP contribution is 2.21. The summed E-state index contributed by atoms with van der Waals surface area (Å²) in [7, 11) is 0. The minimum Gasteiger partial charge on any atom is -0.459 e. The van der Waals surface area contributed by atoms with Crippen LogP contribution in [0.4, 0.5) is 0 Å². The number of hydrogen-bond donors (Lipinski definition) is 1. The largest absolute Gasteiger partial charge is 0.459 e. The maximum absolute atomic E-state index is 12.1. The average Bonchev–Trinajstić information content (AvgIpc) is 2.90. The third-order valence-electron chi connectivity index (χ3n) is 3.07. The van der Waals surface area contributed by atoms with Gasteiger partial charge in [0.2, 0.25) is 0 Å². The van der Waals surface area contributed by atoms with Crippen LogP contribution in [0.15, 0.2) is 52.9 Å².